The Labute approximate surface area is 175 Å². The second-order valence-corrected chi connectivity index (χ2v) is 6.67. The largest absolute Gasteiger partial charge is 0.497 e. The highest BCUT2D eigenvalue weighted by molar-refractivity contribution is 5.82. The summed E-state index contributed by atoms with van der Waals surface area (Å²) in [7, 11) is 1.55. The number of rotatable bonds is 4. The molecule has 0 bridgehead atoms. The Bertz CT molecular complexity index is 1330. The summed E-state index contributed by atoms with van der Waals surface area (Å²) in [4.78, 5) is 17.5. The number of fused-ring (bicyclic) bond motifs is 1. The average Bonchev–Trinajstić information content (AvgIpc) is 2.78. The van der Waals surface area contributed by atoms with Crippen LogP contribution in [0.3, 0.4) is 0 Å². The molecule has 0 saturated carbocycles. The van der Waals surface area contributed by atoms with Gasteiger partial charge in [-0.25, -0.2) is 4.98 Å². The van der Waals surface area contributed by atoms with Crippen molar-refractivity contribution in [1.82, 2.24) is 9.66 Å². The molecule has 1 aromatic heterocycles. The molecule has 4 aromatic rings. The summed E-state index contributed by atoms with van der Waals surface area (Å²) in [5.41, 5.74) is -0.142. The molecule has 0 N–H and O–H groups in total. The van der Waals surface area contributed by atoms with Gasteiger partial charge in [0.05, 0.1) is 29.8 Å². The molecule has 0 radical (unpaired) electrons. The summed E-state index contributed by atoms with van der Waals surface area (Å²) in [6.45, 7) is 0. The third-order valence-electron chi connectivity index (χ3n) is 4.64. The van der Waals surface area contributed by atoms with Crippen LogP contribution in [0.1, 0.15) is 11.1 Å². The number of aromatic nitrogens is 2. The number of hydrogen-bond donors (Lipinski definition) is 0. The Morgan fingerprint density at radius 2 is 1.74 bits per heavy atom. The summed E-state index contributed by atoms with van der Waals surface area (Å²) in [6, 6.07) is 18.2. The van der Waals surface area contributed by atoms with Crippen LogP contribution in [0.2, 0.25) is 0 Å². The molecular formula is C23H16F3N3O2. The molecule has 0 spiro atoms. The van der Waals surface area contributed by atoms with Crippen molar-refractivity contribution in [3.8, 4) is 17.1 Å². The maximum atomic E-state index is 13.2. The summed E-state index contributed by atoms with van der Waals surface area (Å²) in [6.07, 6.45) is -3.08. The van der Waals surface area contributed by atoms with Gasteiger partial charge in [-0.05, 0) is 54.1 Å². The van der Waals surface area contributed by atoms with Crippen LogP contribution in [0, 0.1) is 0 Å². The van der Waals surface area contributed by atoms with Crippen molar-refractivity contribution in [2.75, 3.05) is 7.11 Å². The van der Waals surface area contributed by atoms with E-state index in [-0.39, 0.29) is 11.4 Å². The van der Waals surface area contributed by atoms with Gasteiger partial charge in [0.15, 0.2) is 5.82 Å². The van der Waals surface area contributed by atoms with E-state index >= 15 is 0 Å². The predicted octanol–water partition coefficient (Wildman–Crippen LogP) is 4.97. The lowest BCUT2D eigenvalue weighted by molar-refractivity contribution is -0.137. The SMILES string of the molecule is COc1ccc(C=Nn2c(-c3cccc(C(F)(F)F)c3)nc3ccccc3c2=O)cc1. The second-order valence-electron chi connectivity index (χ2n) is 6.67. The van der Waals surface area contributed by atoms with E-state index in [4.69, 9.17) is 4.74 Å². The average molecular weight is 423 g/mol. The standard InChI is InChI=1S/C23H16F3N3O2/c1-31-18-11-9-15(10-12-18)14-27-29-21(16-5-4-6-17(13-16)23(24,25)26)28-20-8-3-2-7-19(20)22(29)30/h2-14H,1H3. The number of ether oxygens (including phenoxy) is 1. The number of halogens is 3. The molecule has 4 rings (SSSR count). The van der Waals surface area contributed by atoms with Gasteiger partial charge < -0.3 is 4.74 Å². The van der Waals surface area contributed by atoms with Crippen molar-refractivity contribution < 1.29 is 17.9 Å². The molecule has 0 unspecified atom stereocenters. The van der Waals surface area contributed by atoms with E-state index in [1.54, 1.807) is 55.6 Å². The molecule has 0 amide bonds. The monoisotopic (exact) mass is 423 g/mol. The fraction of sp³-hybridized carbons (Fsp3) is 0.0870. The number of hydrogen-bond acceptors (Lipinski definition) is 4. The smallest absolute Gasteiger partial charge is 0.416 e. The summed E-state index contributed by atoms with van der Waals surface area (Å²) >= 11 is 0. The van der Waals surface area contributed by atoms with Gasteiger partial charge in [-0.3, -0.25) is 4.79 Å². The fourth-order valence-electron chi connectivity index (χ4n) is 3.07. The molecule has 0 aliphatic carbocycles. The summed E-state index contributed by atoms with van der Waals surface area (Å²) in [5.74, 6) is 0.672. The maximum Gasteiger partial charge on any atom is 0.416 e. The normalized spacial score (nSPS) is 11.9. The first-order valence-corrected chi connectivity index (χ1v) is 9.24. The van der Waals surface area contributed by atoms with Crippen LogP contribution < -0.4 is 10.3 Å². The number of methoxy groups -OCH3 is 1. The third-order valence-corrected chi connectivity index (χ3v) is 4.64. The van der Waals surface area contributed by atoms with Crippen LogP contribution in [0.4, 0.5) is 13.2 Å². The first-order valence-electron chi connectivity index (χ1n) is 9.24. The van der Waals surface area contributed by atoms with E-state index in [0.29, 0.717) is 22.2 Å². The first kappa shape index (κ1) is 20.3. The Morgan fingerprint density at radius 3 is 2.45 bits per heavy atom. The lowest BCUT2D eigenvalue weighted by Crippen LogP contribution is -2.20. The highest BCUT2D eigenvalue weighted by atomic mass is 19.4. The summed E-state index contributed by atoms with van der Waals surface area (Å²) in [5, 5.41) is 4.55. The van der Waals surface area contributed by atoms with Crippen molar-refractivity contribution in [2.24, 2.45) is 5.10 Å². The lowest BCUT2D eigenvalue weighted by atomic mass is 10.1. The van der Waals surface area contributed by atoms with E-state index in [0.717, 1.165) is 16.8 Å². The van der Waals surface area contributed by atoms with Crippen molar-refractivity contribution >= 4 is 17.1 Å². The van der Waals surface area contributed by atoms with Crippen molar-refractivity contribution in [3.05, 3.63) is 94.3 Å². The van der Waals surface area contributed by atoms with Gasteiger partial charge in [-0.15, -0.1) is 0 Å². The van der Waals surface area contributed by atoms with Gasteiger partial charge in [0.2, 0.25) is 0 Å². The van der Waals surface area contributed by atoms with E-state index in [1.165, 1.54) is 18.3 Å². The van der Waals surface area contributed by atoms with Crippen LogP contribution in [0.15, 0.2) is 82.7 Å². The van der Waals surface area contributed by atoms with Gasteiger partial charge in [0.25, 0.3) is 5.56 Å². The van der Waals surface area contributed by atoms with Gasteiger partial charge in [-0.2, -0.15) is 22.9 Å². The molecule has 8 heteroatoms. The quantitative estimate of drug-likeness (QED) is 0.436. The zero-order valence-electron chi connectivity index (χ0n) is 16.3. The fourth-order valence-corrected chi connectivity index (χ4v) is 3.07. The molecule has 0 atom stereocenters. The molecule has 5 nitrogen and oxygen atoms in total. The van der Waals surface area contributed by atoms with Crippen molar-refractivity contribution in [2.45, 2.75) is 6.18 Å². The van der Waals surface area contributed by atoms with Gasteiger partial charge >= 0.3 is 6.18 Å². The first-order chi connectivity index (χ1) is 14.9. The highest BCUT2D eigenvalue weighted by Crippen LogP contribution is 2.31. The van der Waals surface area contributed by atoms with Crippen LogP contribution >= 0.6 is 0 Å². The van der Waals surface area contributed by atoms with Crippen LogP contribution in [0.5, 0.6) is 5.75 Å². The molecule has 31 heavy (non-hydrogen) atoms. The topological polar surface area (TPSA) is 56.5 Å². The number of alkyl halides is 3. The second kappa shape index (κ2) is 8.06. The molecule has 3 aromatic carbocycles. The number of para-hydroxylation sites is 1. The van der Waals surface area contributed by atoms with E-state index in [9.17, 15) is 18.0 Å². The third kappa shape index (κ3) is 4.18. The van der Waals surface area contributed by atoms with Crippen LogP contribution in [-0.2, 0) is 6.18 Å². The minimum absolute atomic E-state index is 0.0135. The Kier molecular flexibility index (Phi) is 5.29. The zero-order chi connectivity index (χ0) is 22.0. The molecule has 0 aliphatic heterocycles. The van der Waals surface area contributed by atoms with Crippen molar-refractivity contribution in [3.63, 3.8) is 0 Å². The summed E-state index contributed by atoms with van der Waals surface area (Å²) < 4.78 is 45.8. The van der Waals surface area contributed by atoms with E-state index < -0.39 is 17.3 Å². The van der Waals surface area contributed by atoms with Crippen LogP contribution in [0.25, 0.3) is 22.3 Å². The maximum absolute atomic E-state index is 13.2. The van der Waals surface area contributed by atoms with Crippen molar-refractivity contribution in [1.29, 1.82) is 0 Å². The van der Waals surface area contributed by atoms with E-state index in [1.807, 2.05) is 0 Å². The number of benzene rings is 3. The molecule has 0 fully saturated rings. The van der Waals surface area contributed by atoms with Crippen LogP contribution in [-0.4, -0.2) is 23.0 Å². The Morgan fingerprint density at radius 1 is 1.00 bits per heavy atom. The molecule has 0 aliphatic rings. The minimum Gasteiger partial charge on any atom is -0.497 e. The predicted molar refractivity (Wildman–Crippen MR) is 112 cm³/mol. The number of nitrogens with zero attached hydrogens (tertiary/aromatic N) is 3. The Balaban J connectivity index is 1.90. The molecule has 1 heterocycles. The molecule has 156 valence electrons. The molecule has 0 saturated heterocycles. The minimum atomic E-state index is -4.52. The highest BCUT2D eigenvalue weighted by Gasteiger charge is 2.30. The van der Waals surface area contributed by atoms with Gasteiger partial charge in [-0.1, -0.05) is 24.3 Å². The van der Waals surface area contributed by atoms with Gasteiger partial charge in [0, 0.05) is 5.56 Å². The van der Waals surface area contributed by atoms with Gasteiger partial charge in [0.1, 0.15) is 5.75 Å². The van der Waals surface area contributed by atoms with E-state index in [2.05, 4.69) is 10.1 Å². The zero-order valence-corrected chi connectivity index (χ0v) is 16.3. The molecular weight excluding hydrogens is 407 g/mol. The Hall–Kier alpha value is -3.94. The lowest BCUT2D eigenvalue weighted by Gasteiger charge is -2.12.